The van der Waals surface area contributed by atoms with Crippen molar-refractivity contribution in [3.05, 3.63) is 70.5 Å². The van der Waals surface area contributed by atoms with Crippen LogP contribution in [0.2, 0.25) is 5.02 Å². The number of rotatable bonds is 12. The number of fused-ring (bicyclic) bond motifs is 1. The molecular formula is C29H36ClN5O5S. The molecule has 2 aliphatic heterocycles. The lowest BCUT2D eigenvalue weighted by molar-refractivity contribution is -0.134. The van der Waals surface area contributed by atoms with E-state index in [-0.39, 0.29) is 44.3 Å². The number of carbonyl (C=O) groups excluding carboxylic acids is 2. The Kier molecular flexibility index (Phi) is 10.7. The Balaban J connectivity index is 0.00000387. The van der Waals surface area contributed by atoms with E-state index in [1.165, 1.54) is 6.39 Å². The summed E-state index contributed by atoms with van der Waals surface area (Å²) in [6.07, 6.45) is 5.83. The molecule has 5 rings (SSSR count). The van der Waals surface area contributed by atoms with E-state index in [1.807, 2.05) is 19.1 Å². The molecule has 0 spiro atoms. The number of anilines is 1. The molecule has 1 aromatic carbocycles. The Morgan fingerprint density at radius 1 is 1.29 bits per heavy atom. The first-order chi connectivity index (χ1) is 19.4. The zero-order chi connectivity index (χ0) is 28.1. The molecule has 3 aromatic rings. The van der Waals surface area contributed by atoms with Gasteiger partial charge in [0.05, 0.1) is 23.4 Å². The first kappa shape index (κ1) is 30.8. The highest BCUT2D eigenvalue weighted by atomic mass is 35.5. The van der Waals surface area contributed by atoms with Gasteiger partial charge in [0.2, 0.25) is 5.91 Å². The van der Waals surface area contributed by atoms with Crippen molar-refractivity contribution in [1.82, 2.24) is 19.8 Å². The largest absolute Gasteiger partial charge is 0.484 e. The SMILES string of the molecule is CCC(=O)N1CC(Nc2cc(C(=O)CC[C@H](O)CN3CCc4c(ccc(OCc5cnco5)c4Cl)C3)ccn2)C1.S. The predicted octanol–water partition coefficient (Wildman–Crippen LogP) is 3.83. The first-order valence-corrected chi connectivity index (χ1v) is 14.0. The summed E-state index contributed by atoms with van der Waals surface area (Å²) in [5.74, 6) is 1.97. The number of likely N-dealkylation sites (tertiary alicyclic amines) is 1. The van der Waals surface area contributed by atoms with Crippen molar-refractivity contribution in [1.29, 1.82) is 0 Å². The molecule has 0 saturated carbocycles. The molecule has 0 unspecified atom stereocenters. The highest BCUT2D eigenvalue weighted by Crippen LogP contribution is 2.34. The Morgan fingerprint density at radius 3 is 2.88 bits per heavy atom. The van der Waals surface area contributed by atoms with E-state index in [0.29, 0.717) is 66.9 Å². The minimum Gasteiger partial charge on any atom is -0.484 e. The summed E-state index contributed by atoms with van der Waals surface area (Å²) in [6.45, 7) is 5.30. The molecule has 1 amide bonds. The molecule has 41 heavy (non-hydrogen) atoms. The van der Waals surface area contributed by atoms with Gasteiger partial charge >= 0.3 is 0 Å². The number of hydrogen-bond acceptors (Lipinski definition) is 9. The van der Waals surface area contributed by atoms with Crippen LogP contribution in [0, 0.1) is 0 Å². The maximum absolute atomic E-state index is 12.8. The number of ether oxygens (including phenoxy) is 1. The topological polar surface area (TPSA) is 121 Å². The van der Waals surface area contributed by atoms with Crippen LogP contribution in [0.25, 0.3) is 0 Å². The van der Waals surface area contributed by atoms with Gasteiger partial charge in [-0.2, -0.15) is 13.5 Å². The van der Waals surface area contributed by atoms with Gasteiger partial charge in [0, 0.05) is 57.3 Å². The van der Waals surface area contributed by atoms with E-state index in [0.717, 1.165) is 24.1 Å². The fourth-order valence-corrected chi connectivity index (χ4v) is 5.43. The van der Waals surface area contributed by atoms with Gasteiger partial charge in [0.15, 0.2) is 17.9 Å². The van der Waals surface area contributed by atoms with Crippen LogP contribution in [0.1, 0.15) is 53.4 Å². The second kappa shape index (κ2) is 14.2. The number of halogens is 1. The maximum Gasteiger partial charge on any atom is 0.222 e. The smallest absolute Gasteiger partial charge is 0.222 e. The summed E-state index contributed by atoms with van der Waals surface area (Å²) in [5.41, 5.74) is 2.73. The van der Waals surface area contributed by atoms with Crippen molar-refractivity contribution in [3.63, 3.8) is 0 Å². The highest BCUT2D eigenvalue weighted by molar-refractivity contribution is 7.59. The van der Waals surface area contributed by atoms with E-state index in [4.69, 9.17) is 20.8 Å². The number of aliphatic hydroxyl groups excluding tert-OH is 1. The van der Waals surface area contributed by atoms with E-state index < -0.39 is 6.10 Å². The number of Topliss-reactive ketones (excluding diaryl/α,β-unsaturated/α-hetero) is 1. The molecule has 220 valence electrons. The van der Waals surface area contributed by atoms with Gasteiger partial charge in [0.1, 0.15) is 18.2 Å². The number of amides is 1. The number of benzene rings is 1. The summed E-state index contributed by atoms with van der Waals surface area (Å²) in [6, 6.07) is 7.45. The molecule has 4 heterocycles. The summed E-state index contributed by atoms with van der Waals surface area (Å²) < 4.78 is 11.0. The van der Waals surface area contributed by atoms with Crippen molar-refractivity contribution >= 4 is 42.6 Å². The molecule has 1 saturated heterocycles. The van der Waals surface area contributed by atoms with Gasteiger partial charge in [-0.3, -0.25) is 14.5 Å². The molecule has 12 heteroatoms. The Hall–Kier alpha value is -3.12. The van der Waals surface area contributed by atoms with Gasteiger partial charge in [-0.15, -0.1) is 0 Å². The fourth-order valence-electron chi connectivity index (χ4n) is 5.10. The van der Waals surface area contributed by atoms with Crippen molar-refractivity contribution < 1.29 is 23.8 Å². The average Bonchev–Trinajstić information content (AvgIpc) is 3.46. The van der Waals surface area contributed by atoms with Crippen LogP contribution in [0.5, 0.6) is 5.75 Å². The number of aromatic nitrogens is 2. The molecular weight excluding hydrogens is 566 g/mol. The van der Waals surface area contributed by atoms with Crippen molar-refractivity contribution in [3.8, 4) is 5.75 Å². The van der Waals surface area contributed by atoms with E-state index in [2.05, 4.69) is 20.2 Å². The van der Waals surface area contributed by atoms with Gasteiger partial charge in [-0.05, 0) is 42.2 Å². The van der Waals surface area contributed by atoms with Crippen molar-refractivity contribution in [2.45, 2.75) is 57.9 Å². The predicted molar refractivity (Wildman–Crippen MR) is 160 cm³/mol. The second-order valence-corrected chi connectivity index (χ2v) is 10.7. The van der Waals surface area contributed by atoms with Crippen LogP contribution in [0.4, 0.5) is 5.82 Å². The Labute approximate surface area is 251 Å². The Morgan fingerprint density at radius 2 is 2.12 bits per heavy atom. The first-order valence-electron chi connectivity index (χ1n) is 13.6. The van der Waals surface area contributed by atoms with E-state index in [1.54, 1.807) is 29.4 Å². The summed E-state index contributed by atoms with van der Waals surface area (Å²) in [5, 5.41) is 14.6. The van der Waals surface area contributed by atoms with Crippen LogP contribution in [-0.2, 0) is 24.4 Å². The van der Waals surface area contributed by atoms with Gasteiger partial charge < -0.3 is 24.5 Å². The fraction of sp³-hybridized carbons (Fsp3) is 0.448. The monoisotopic (exact) mass is 601 g/mol. The third-order valence-corrected chi connectivity index (χ3v) is 7.79. The molecule has 1 atom stereocenters. The second-order valence-electron chi connectivity index (χ2n) is 10.3. The number of nitrogens with zero attached hydrogens (tertiary/aromatic N) is 4. The van der Waals surface area contributed by atoms with Crippen LogP contribution in [-0.4, -0.2) is 74.9 Å². The third-order valence-electron chi connectivity index (χ3n) is 7.37. The number of carbonyl (C=O) groups is 2. The molecule has 2 aliphatic rings. The highest BCUT2D eigenvalue weighted by Gasteiger charge is 2.30. The third kappa shape index (κ3) is 7.79. The number of β-amino-alcohol motifs (C(OH)–C–C–N with tert-alkyl or cyclic N) is 1. The summed E-state index contributed by atoms with van der Waals surface area (Å²) in [7, 11) is 0. The quantitative estimate of drug-likeness (QED) is 0.298. The normalized spacial score (nSPS) is 15.8. The summed E-state index contributed by atoms with van der Waals surface area (Å²) >= 11 is 6.64. The van der Waals surface area contributed by atoms with E-state index in [9.17, 15) is 14.7 Å². The lowest BCUT2D eigenvalue weighted by atomic mass is 9.98. The van der Waals surface area contributed by atoms with Gasteiger partial charge in [0.25, 0.3) is 0 Å². The minimum absolute atomic E-state index is 0. The van der Waals surface area contributed by atoms with Crippen LogP contribution in [0.3, 0.4) is 0 Å². The lowest BCUT2D eigenvalue weighted by Crippen LogP contribution is -2.56. The van der Waals surface area contributed by atoms with Crippen molar-refractivity contribution in [2.24, 2.45) is 0 Å². The summed E-state index contributed by atoms with van der Waals surface area (Å²) in [4.78, 5) is 36.7. The number of ketones is 1. The maximum atomic E-state index is 12.8. The van der Waals surface area contributed by atoms with Gasteiger partial charge in [-0.1, -0.05) is 24.6 Å². The zero-order valence-corrected chi connectivity index (χ0v) is 24.8. The average molecular weight is 602 g/mol. The zero-order valence-electron chi connectivity index (χ0n) is 23.0. The number of pyridine rings is 1. The van der Waals surface area contributed by atoms with Gasteiger partial charge in [-0.25, -0.2) is 9.97 Å². The van der Waals surface area contributed by atoms with Crippen molar-refractivity contribution in [2.75, 3.05) is 31.5 Å². The Bertz CT molecular complexity index is 1340. The molecule has 10 nitrogen and oxygen atoms in total. The molecule has 0 bridgehead atoms. The number of aliphatic hydroxyl groups is 1. The molecule has 0 aliphatic carbocycles. The van der Waals surface area contributed by atoms with E-state index >= 15 is 0 Å². The van der Waals surface area contributed by atoms with Crippen LogP contribution in [0.15, 0.2) is 47.5 Å². The van der Waals surface area contributed by atoms with Crippen LogP contribution < -0.4 is 10.1 Å². The number of hydrogen-bond donors (Lipinski definition) is 2. The number of oxazole rings is 1. The standard InChI is InChI=1S/C29H34ClN5O5.H2S/c1-2-28(38)35-14-21(15-35)33-27-11-19(7-9-32-27)25(37)5-4-22(36)16-34-10-8-24-20(13-34)3-6-26(29(24)30)39-17-23-12-31-18-40-23;/h3,6-7,9,11-12,18,21-22,36H,2,4-5,8,10,13-17H2,1H3,(H,32,33);1H2/t22-;/m0./s1. The number of nitrogens with one attached hydrogen (secondary N) is 1. The molecule has 2 aromatic heterocycles. The van der Waals surface area contributed by atoms with Crippen LogP contribution >= 0.6 is 25.1 Å². The minimum atomic E-state index is -0.623. The molecule has 0 radical (unpaired) electrons. The molecule has 2 N–H and O–H groups in total. The molecule has 1 fully saturated rings. The lowest BCUT2D eigenvalue weighted by Gasteiger charge is -2.39.